The summed E-state index contributed by atoms with van der Waals surface area (Å²) in [5, 5.41) is 8.67. The summed E-state index contributed by atoms with van der Waals surface area (Å²) in [5.74, 6) is 0. The van der Waals surface area contributed by atoms with E-state index in [4.69, 9.17) is 5.11 Å². The molecule has 86 valence electrons. The lowest BCUT2D eigenvalue weighted by molar-refractivity contribution is 0.275. The lowest BCUT2D eigenvalue weighted by Gasteiger charge is -2.11. The maximum Gasteiger partial charge on any atom is 0.250 e. The molecule has 7 heteroatoms. The van der Waals surface area contributed by atoms with Gasteiger partial charge in [0.2, 0.25) is 10.0 Å². The normalized spacial score (nSPS) is 14.1. The summed E-state index contributed by atoms with van der Waals surface area (Å²) in [7, 11) is -3.43. The third-order valence-corrected chi connectivity index (χ3v) is 5.44. The zero-order chi connectivity index (χ0) is 11.5. The molecular formula is C8H12BrNO3S2. The van der Waals surface area contributed by atoms with Crippen molar-refractivity contribution >= 4 is 37.3 Å². The molecule has 0 aliphatic rings. The Labute approximate surface area is 102 Å². The molecule has 1 heterocycles. The highest BCUT2D eigenvalue weighted by atomic mass is 79.9. The number of halogens is 1. The Bertz CT molecular complexity index is 415. The van der Waals surface area contributed by atoms with Crippen LogP contribution < -0.4 is 4.72 Å². The molecule has 1 aromatic heterocycles. The van der Waals surface area contributed by atoms with Gasteiger partial charge in [-0.3, -0.25) is 0 Å². The van der Waals surface area contributed by atoms with Crippen LogP contribution in [0.5, 0.6) is 0 Å². The van der Waals surface area contributed by atoms with E-state index in [0.717, 1.165) is 15.1 Å². The van der Waals surface area contributed by atoms with Crippen LogP contribution in [0, 0.1) is 0 Å². The minimum absolute atomic E-state index is 0.0299. The van der Waals surface area contributed by atoms with Gasteiger partial charge in [0.1, 0.15) is 4.21 Å². The monoisotopic (exact) mass is 313 g/mol. The fourth-order valence-corrected chi connectivity index (χ4v) is 4.32. The first-order valence-electron chi connectivity index (χ1n) is 4.34. The topological polar surface area (TPSA) is 66.4 Å². The van der Waals surface area contributed by atoms with Crippen LogP contribution in [0.3, 0.4) is 0 Å². The van der Waals surface area contributed by atoms with E-state index in [1.807, 2.05) is 0 Å². The van der Waals surface area contributed by atoms with Gasteiger partial charge in [0.05, 0.1) is 3.79 Å². The summed E-state index contributed by atoms with van der Waals surface area (Å²) in [5.41, 5.74) is 0. The van der Waals surface area contributed by atoms with Gasteiger partial charge in [0.15, 0.2) is 0 Å². The molecule has 2 N–H and O–H groups in total. The highest BCUT2D eigenvalue weighted by Crippen LogP contribution is 2.25. The van der Waals surface area contributed by atoms with Crippen LogP contribution in [0.2, 0.25) is 0 Å². The van der Waals surface area contributed by atoms with Crippen molar-refractivity contribution < 1.29 is 13.5 Å². The van der Waals surface area contributed by atoms with Gasteiger partial charge in [-0.05, 0) is 41.4 Å². The van der Waals surface area contributed by atoms with Crippen LogP contribution in [-0.4, -0.2) is 26.2 Å². The number of rotatable bonds is 5. The molecule has 1 aromatic rings. The number of hydrogen-bond acceptors (Lipinski definition) is 4. The first-order valence-corrected chi connectivity index (χ1v) is 7.43. The van der Waals surface area contributed by atoms with Crippen molar-refractivity contribution in [3.63, 3.8) is 0 Å². The second kappa shape index (κ2) is 5.40. The summed E-state index contributed by atoms with van der Waals surface area (Å²) in [6.45, 7) is 1.69. The maximum absolute atomic E-state index is 11.7. The second-order valence-electron chi connectivity index (χ2n) is 3.09. The fraction of sp³-hybridized carbons (Fsp3) is 0.500. The predicted molar refractivity (Wildman–Crippen MR) is 63.5 cm³/mol. The number of hydrogen-bond donors (Lipinski definition) is 2. The molecular weight excluding hydrogens is 302 g/mol. The average Bonchev–Trinajstić information content (AvgIpc) is 2.51. The standard InChI is InChI=1S/C8H12BrNO3S2/c1-6(4-5-11)10-15(12,13)8-3-2-7(9)14-8/h2-3,6,10-11H,4-5H2,1H3. The quantitative estimate of drug-likeness (QED) is 0.867. The number of aliphatic hydroxyl groups excluding tert-OH is 1. The molecule has 15 heavy (non-hydrogen) atoms. The van der Waals surface area contributed by atoms with E-state index < -0.39 is 10.0 Å². The maximum atomic E-state index is 11.7. The molecule has 0 spiro atoms. The van der Waals surface area contributed by atoms with Crippen molar-refractivity contribution in [2.24, 2.45) is 0 Å². The third-order valence-electron chi connectivity index (χ3n) is 1.73. The van der Waals surface area contributed by atoms with E-state index in [1.54, 1.807) is 19.1 Å². The average molecular weight is 314 g/mol. The van der Waals surface area contributed by atoms with Crippen LogP contribution in [-0.2, 0) is 10.0 Å². The Morgan fingerprint density at radius 1 is 1.60 bits per heavy atom. The minimum atomic E-state index is -3.43. The Hall–Kier alpha value is 0.0500. The van der Waals surface area contributed by atoms with E-state index in [2.05, 4.69) is 20.7 Å². The Morgan fingerprint density at radius 2 is 2.27 bits per heavy atom. The van der Waals surface area contributed by atoms with Crippen LogP contribution in [0.1, 0.15) is 13.3 Å². The molecule has 1 rings (SSSR count). The molecule has 0 saturated heterocycles. The van der Waals surface area contributed by atoms with Gasteiger partial charge in [-0.25, -0.2) is 13.1 Å². The fourth-order valence-electron chi connectivity index (χ4n) is 1.02. The van der Waals surface area contributed by atoms with Crippen molar-refractivity contribution in [2.45, 2.75) is 23.6 Å². The van der Waals surface area contributed by atoms with Crippen LogP contribution in [0.15, 0.2) is 20.1 Å². The van der Waals surface area contributed by atoms with Gasteiger partial charge in [-0.15, -0.1) is 11.3 Å². The zero-order valence-electron chi connectivity index (χ0n) is 8.10. The molecule has 0 bridgehead atoms. The van der Waals surface area contributed by atoms with Gasteiger partial charge < -0.3 is 5.11 Å². The first kappa shape index (κ1) is 13.1. The zero-order valence-corrected chi connectivity index (χ0v) is 11.3. The number of thiophene rings is 1. The summed E-state index contributed by atoms with van der Waals surface area (Å²) in [4.78, 5) is 0. The van der Waals surface area contributed by atoms with E-state index >= 15 is 0 Å². The molecule has 0 amide bonds. The van der Waals surface area contributed by atoms with Gasteiger partial charge >= 0.3 is 0 Å². The smallest absolute Gasteiger partial charge is 0.250 e. The summed E-state index contributed by atoms with van der Waals surface area (Å²) >= 11 is 4.37. The molecule has 0 fully saturated rings. The van der Waals surface area contributed by atoms with E-state index in [0.29, 0.717) is 6.42 Å². The predicted octanol–water partition coefficient (Wildman–Crippen LogP) is 1.56. The van der Waals surface area contributed by atoms with Crippen molar-refractivity contribution in [2.75, 3.05) is 6.61 Å². The molecule has 0 aliphatic carbocycles. The minimum Gasteiger partial charge on any atom is -0.396 e. The largest absolute Gasteiger partial charge is 0.396 e. The van der Waals surface area contributed by atoms with Crippen molar-refractivity contribution in [3.05, 3.63) is 15.9 Å². The molecule has 0 aliphatic heterocycles. The highest BCUT2D eigenvalue weighted by molar-refractivity contribution is 9.11. The highest BCUT2D eigenvalue weighted by Gasteiger charge is 2.18. The molecule has 0 aromatic carbocycles. The summed E-state index contributed by atoms with van der Waals surface area (Å²) in [6.07, 6.45) is 0.409. The van der Waals surface area contributed by atoms with Gasteiger partial charge in [-0.1, -0.05) is 0 Å². The van der Waals surface area contributed by atoms with Crippen LogP contribution >= 0.6 is 27.3 Å². The molecule has 0 radical (unpaired) electrons. The second-order valence-corrected chi connectivity index (χ2v) is 7.50. The number of sulfonamides is 1. The lowest BCUT2D eigenvalue weighted by Crippen LogP contribution is -2.32. The molecule has 1 unspecified atom stereocenters. The summed E-state index contributed by atoms with van der Waals surface area (Å²) in [6, 6.07) is 2.97. The van der Waals surface area contributed by atoms with E-state index in [9.17, 15) is 8.42 Å². The van der Waals surface area contributed by atoms with Crippen molar-refractivity contribution in [1.29, 1.82) is 0 Å². The van der Waals surface area contributed by atoms with E-state index in [-0.39, 0.29) is 16.9 Å². The number of nitrogens with one attached hydrogen (secondary N) is 1. The van der Waals surface area contributed by atoms with Gasteiger partial charge in [0.25, 0.3) is 0 Å². The SMILES string of the molecule is CC(CCO)NS(=O)(=O)c1ccc(Br)s1. The Morgan fingerprint density at radius 3 is 2.73 bits per heavy atom. The molecule has 1 atom stereocenters. The third kappa shape index (κ3) is 3.84. The summed E-state index contributed by atoms with van der Waals surface area (Å²) < 4.78 is 27.0. The Kier molecular flexibility index (Phi) is 4.72. The first-order chi connectivity index (χ1) is 6.95. The van der Waals surface area contributed by atoms with Crippen molar-refractivity contribution in [3.8, 4) is 0 Å². The van der Waals surface area contributed by atoms with Crippen LogP contribution in [0.4, 0.5) is 0 Å². The van der Waals surface area contributed by atoms with E-state index in [1.165, 1.54) is 0 Å². The van der Waals surface area contributed by atoms with Gasteiger partial charge in [-0.2, -0.15) is 0 Å². The van der Waals surface area contributed by atoms with Crippen LogP contribution in [0.25, 0.3) is 0 Å². The number of aliphatic hydroxyl groups is 1. The molecule has 0 saturated carbocycles. The lowest BCUT2D eigenvalue weighted by atomic mass is 10.3. The van der Waals surface area contributed by atoms with Gasteiger partial charge in [0, 0.05) is 12.6 Å². The Balaban J connectivity index is 2.76. The van der Waals surface area contributed by atoms with Crippen molar-refractivity contribution in [1.82, 2.24) is 4.72 Å². The molecule has 4 nitrogen and oxygen atoms in total.